The molecular formula is C21H44N2O2. The van der Waals surface area contributed by atoms with Crippen molar-refractivity contribution in [3.05, 3.63) is 0 Å². The van der Waals surface area contributed by atoms with Crippen LogP contribution in [-0.4, -0.2) is 42.3 Å². The Morgan fingerprint density at radius 1 is 0.920 bits per heavy atom. The smallest absolute Gasteiger partial charge is 0.225 e. The minimum absolute atomic E-state index is 0. The molecule has 0 atom stereocenters. The van der Waals surface area contributed by atoms with E-state index in [2.05, 4.69) is 26.1 Å². The third-order valence-electron chi connectivity index (χ3n) is 4.95. The summed E-state index contributed by atoms with van der Waals surface area (Å²) in [5.41, 5.74) is 0. The molecule has 150 valence electrons. The number of nitrogens with one attached hydrogen (secondary N) is 1. The predicted octanol–water partition coefficient (Wildman–Crippen LogP) is 4.67. The number of nitrogens with zero attached hydrogens (tertiary/aromatic N) is 1. The first kappa shape index (κ1) is 24.1. The van der Waals surface area contributed by atoms with E-state index in [1.165, 1.54) is 6.42 Å². The quantitative estimate of drug-likeness (QED) is 0.796. The lowest BCUT2D eigenvalue weighted by Gasteiger charge is -2.36. The van der Waals surface area contributed by atoms with Gasteiger partial charge in [-0.05, 0) is 52.0 Å². The highest BCUT2D eigenvalue weighted by Gasteiger charge is 2.31. The fourth-order valence-corrected chi connectivity index (χ4v) is 3.60. The largest absolute Gasteiger partial charge is 0.342 e. The Balaban J connectivity index is 0. The molecule has 1 saturated carbocycles. The lowest BCUT2D eigenvalue weighted by molar-refractivity contribution is -0.139. The van der Waals surface area contributed by atoms with Gasteiger partial charge in [0, 0.05) is 32.4 Å². The topological polar surface area (TPSA) is 49.4 Å². The van der Waals surface area contributed by atoms with E-state index in [9.17, 15) is 9.59 Å². The first-order valence-electron chi connectivity index (χ1n) is 10.6. The highest BCUT2D eigenvalue weighted by molar-refractivity contribution is 5.81. The number of hydrogen-bond acceptors (Lipinski definition) is 3. The molecule has 1 aliphatic heterocycles. The van der Waals surface area contributed by atoms with Gasteiger partial charge in [0.1, 0.15) is 5.78 Å². The van der Waals surface area contributed by atoms with Gasteiger partial charge in [0.25, 0.3) is 0 Å². The van der Waals surface area contributed by atoms with Crippen LogP contribution in [0.4, 0.5) is 0 Å². The second kappa shape index (κ2) is 14.3. The highest BCUT2D eigenvalue weighted by Crippen LogP contribution is 2.28. The van der Waals surface area contributed by atoms with Gasteiger partial charge < -0.3 is 10.2 Å². The van der Waals surface area contributed by atoms with Gasteiger partial charge in [0.05, 0.1) is 0 Å². The standard InChI is InChI=1S/C16H28N2O2.C3H8.C2H6.H2/c1-3-17-15-6-4-14(5-7-15)16(20)18-10-8-13(9-11-18)12(2)19;1-3-2;1-2;/h13-15,17H,3-11H2,1-2H3;3H2,1-2H3;1-2H3;1H. The third-order valence-corrected chi connectivity index (χ3v) is 4.95. The summed E-state index contributed by atoms with van der Waals surface area (Å²) in [7, 11) is 0. The molecule has 4 heteroatoms. The van der Waals surface area contributed by atoms with E-state index in [0.717, 1.165) is 58.2 Å². The monoisotopic (exact) mass is 356 g/mol. The van der Waals surface area contributed by atoms with Crippen molar-refractivity contribution in [3.63, 3.8) is 0 Å². The van der Waals surface area contributed by atoms with Gasteiger partial charge in [0.15, 0.2) is 0 Å². The highest BCUT2D eigenvalue weighted by atomic mass is 16.2. The van der Waals surface area contributed by atoms with Gasteiger partial charge >= 0.3 is 0 Å². The van der Waals surface area contributed by atoms with Crippen LogP contribution >= 0.6 is 0 Å². The van der Waals surface area contributed by atoms with Crippen LogP contribution in [0.2, 0.25) is 0 Å². The molecule has 4 nitrogen and oxygen atoms in total. The van der Waals surface area contributed by atoms with Gasteiger partial charge in [-0.3, -0.25) is 9.59 Å². The third kappa shape index (κ3) is 8.84. The molecular weight excluding hydrogens is 312 g/mol. The van der Waals surface area contributed by atoms with Crippen LogP contribution in [0.15, 0.2) is 0 Å². The minimum Gasteiger partial charge on any atom is -0.342 e. The summed E-state index contributed by atoms with van der Waals surface area (Å²) >= 11 is 0. The van der Waals surface area contributed by atoms with Crippen LogP contribution in [0.25, 0.3) is 0 Å². The molecule has 1 aliphatic carbocycles. The van der Waals surface area contributed by atoms with E-state index < -0.39 is 0 Å². The number of rotatable bonds is 4. The number of carbonyl (C=O) groups excluding carboxylic acids is 2. The Morgan fingerprint density at radius 3 is 1.80 bits per heavy atom. The number of carbonyl (C=O) groups is 2. The Kier molecular flexibility index (Phi) is 13.8. The maximum absolute atomic E-state index is 12.5. The molecule has 1 N–H and O–H groups in total. The average Bonchev–Trinajstić information content (AvgIpc) is 2.64. The lowest BCUT2D eigenvalue weighted by atomic mass is 9.84. The molecule has 2 aliphatic rings. The summed E-state index contributed by atoms with van der Waals surface area (Å²) in [5.74, 6) is 1.02. The van der Waals surface area contributed by atoms with Gasteiger partial charge in [-0.1, -0.05) is 41.0 Å². The van der Waals surface area contributed by atoms with E-state index in [-0.39, 0.29) is 19.0 Å². The van der Waals surface area contributed by atoms with E-state index in [1.807, 2.05) is 18.7 Å². The number of amides is 1. The van der Waals surface area contributed by atoms with Gasteiger partial charge in [-0.25, -0.2) is 0 Å². The maximum atomic E-state index is 12.5. The van der Waals surface area contributed by atoms with Crippen molar-refractivity contribution >= 4 is 11.7 Å². The lowest BCUT2D eigenvalue weighted by Crippen LogP contribution is -2.44. The van der Waals surface area contributed by atoms with Crippen LogP contribution in [0, 0.1) is 11.8 Å². The Hall–Kier alpha value is -0.900. The van der Waals surface area contributed by atoms with Gasteiger partial charge in [-0.2, -0.15) is 0 Å². The zero-order valence-electron chi connectivity index (χ0n) is 17.6. The molecule has 1 saturated heterocycles. The van der Waals surface area contributed by atoms with Crippen LogP contribution < -0.4 is 5.32 Å². The van der Waals surface area contributed by atoms with Crippen molar-refractivity contribution in [1.29, 1.82) is 0 Å². The van der Waals surface area contributed by atoms with Crippen LogP contribution in [-0.2, 0) is 9.59 Å². The Morgan fingerprint density at radius 2 is 1.40 bits per heavy atom. The number of piperidine rings is 1. The maximum Gasteiger partial charge on any atom is 0.225 e. The summed E-state index contributed by atoms with van der Waals surface area (Å²) in [6.45, 7) is 14.6. The van der Waals surface area contributed by atoms with E-state index in [1.54, 1.807) is 6.92 Å². The molecule has 1 amide bonds. The zero-order chi connectivity index (χ0) is 19.2. The van der Waals surface area contributed by atoms with E-state index >= 15 is 0 Å². The molecule has 0 radical (unpaired) electrons. The second-order valence-corrected chi connectivity index (χ2v) is 7.02. The molecule has 0 aromatic carbocycles. The van der Waals surface area contributed by atoms with Crippen molar-refractivity contribution < 1.29 is 11.0 Å². The van der Waals surface area contributed by atoms with Crippen molar-refractivity contribution in [2.24, 2.45) is 11.8 Å². The first-order valence-corrected chi connectivity index (χ1v) is 10.6. The molecule has 1 heterocycles. The minimum atomic E-state index is 0. The second-order valence-electron chi connectivity index (χ2n) is 7.02. The molecule has 2 rings (SSSR count). The summed E-state index contributed by atoms with van der Waals surface area (Å²) < 4.78 is 0. The molecule has 0 spiro atoms. The van der Waals surface area contributed by atoms with Crippen LogP contribution in [0.1, 0.15) is 87.9 Å². The molecule has 0 aromatic heterocycles. The molecule has 0 aromatic rings. The number of Topliss-reactive ketones (excluding diaryl/α,β-unsaturated/α-hetero) is 1. The van der Waals surface area contributed by atoms with E-state index in [4.69, 9.17) is 0 Å². The average molecular weight is 357 g/mol. The van der Waals surface area contributed by atoms with Crippen LogP contribution in [0.5, 0.6) is 0 Å². The molecule has 25 heavy (non-hydrogen) atoms. The van der Waals surface area contributed by atoms with Crippen molar-refractivity contribution in [3.8, 4) is 0 Å². The van der Waals surface area contributed by atoms with Gasteiger partial charge in [0.2, 0.25) is 5.91 Å². The first-order chi connectivity index (χ1) is 12.0. The Labute approximate surface area is 157 Å². The summed E-state index contributed by atoms with van der Waals surface area (Å²) in [6.07, 6.45) is 7.23. The van der Waals surface area contributed by atoms with Crippen LogP contribution in [0.3, 0.4) is 0 Å². The van der Waals surface area contributed by atoms with Crippen molar-refractivity contribution in [2.75, 3.05) is 19.6 Å². The molecule has 2 fully saturated rings. The predicted molar refractivity (Wildman–Crippen MR) is 109 cm³/mol. The fraction of sp³-hybridized carbons (Fsp3) is 0.905. The fourth-order valence-electron chi connectivity index (χ4n) is 3.60. The molecule has 0 bridgehead atoms. The normalized spacial score (nSPS) is 23.7. The zero-order valence-corrected chi connectivity index (χ0v) is 17.6. The summed E-state index contributed by atoms with van der Waals surface area (Å²) in [5, 5.41) is 3.48. The number of ketones is 1. The summed E-state index contributed by atoms with van der Waals surface area (Å²) in [4.78, 5) is 25.9. The van der Waals surface area contributed by atoms with Crippen molar-refractivity contribution in [2.45, 2.75) is 92.5 Å². The SMILES string of the molecule is CC.CCC.CCNC1CCC(C(=O)N2CCC(C(C)=O)CC2)CC1.[HH]. The summed E-state index contributed by atoms with van der Waals surface area (Å²) in [6, 6.07) is 0.604. The molecule has 0 unspecified atom stereocenters. The number of hydrogen-bond donors (Lipinski definition) is 1. The Bertz CT molecular complexity index is 361. The van der Waals surface area contributed by atoms with Gasteiger partial charge in [-0.15, -0.1) is 0 Å². The van der Waals surface area contributed by atoms with E-state index in [0.29, 0.717) is 11.9 Å². The van der Waals surface area contributed by atoms with Crippen molar-refractivity contribution in [1.82, 2.24) is 10.2 Å². The number of likely N-dealkylation sites (tertiary alicyclic amines) is 1.